The average molecular weight is 306 g/mol. The Morgan fingerprint density at radius 3 is 2.78 bits per heavy atom. The van der Waals surface area contributed by atoms with Gasteiger partial charge in [0.15, 0.2) is 0 Å². The molecule has 0 unspecified atom stereocenters. The summed E-state index contributed by atoms with van der Waals surface area (Å²) in [6.45, 7) is 4.36. The van der Waals surface area contributed by atoms with Crippen molar-refractivity contribution in [1.29, 1.82) is 0 Å². The van der Waals surface area contributed by atoms with Crippen LogP contribution >= 0.6 is 0 Å². The minimum Gasteiger partial charge on any atom is -0.382 e. The lowest BCUT2D eigenvalue weighted by Gasteiger charge is -2.25. The van der Waals surface area contributed by atoms with Gasteiger partial charge in [-0.05, 0) is 56.6 Å². The van der Waals surface area contributed by atoms with Crippen LogP contribution in [0.1, 0.15) is 18.4 Å². The Kier molecular flexibility index (Phi) is 3.75. The fraction of sp³-hybridized carbons (Fsp3) is 0.316. The van der Waals surface area contributed by atoms with Crippen molar-refractivity contribution in [3.05, 3.63) is 54.2 Å². The van der Waals surface area contributed by atoms with E-state index in [-0.39, 0.29) is 0 Å². The lowest BCUT2D eigenvalue weighted by atomic mass is 10.1. The van der Waals surface area contributed by atoms with E-state index in [1.807, 2.05) is 22.9 Å². The molecule has 4 heteroatoms. The summed E-state index contributed by atoms with van der Waals surface area (Å²) in [4.78, 5) is 0. The maximum absolute atomic E-state index is 4.68. The first-order valence-corrected chi connectivity index (χ1v) is 8.32. The first kappa shape index (κ1) is 14.3. The Hall–Kier alpha value is -2.33. The highest BCUT2D eigenvalue weighted by atomic mass is 15.3. The van der Waals surface area contributed by atoms with E-state index in [2.05, 4.69) is 53.1 Å². The maximum atomic E-state index is 4.68. The molecule has 4 nitrogen and oxygen atoms in total. The van der Waals surface area contributed by atoms with Crippen molar-refractivity contribution in [3.63, 3.8) is 0 Å². The first-order valence-electron chi connectivity index (χ1n) is 8.32. The van der Waals surface area contributed by atoms with Crippen LogP contribution in [0.2, 0.25) is 0 Å². The summed E-state index contributed by atoms with van der Waals surface area (Å²) in [5.74, 6) is 0. The number of nitrogens with one attached hydrogen (secondary N) is 2. The smallest absolute Gasteiger partial charge is 0.0927 e. The largest absolute Gasteiger partial charge is 0.382 e. The summed E-state index contributed by atoms with van der Waals surface area (Å²) in [6, 6.07) is 15.3. The Balaban J connectivity index is 1.65. The molecule has 0 saturated carbocycles. The van der Waals surface area contributed by atoms with E-state index in [1.165, 1.54) is 29.5 Å². The normalized spacial score (nSPS) is 15.9. The highest BCUT2D eigenvalue weighted by molar-refractivity contribution is 5.78. The van der Waals surface area contributed by atoms with Crippen LogP contribution in [0.4, 0.5) is 5.69 Å². The molecule has 1 aromatic heterocycles. The maximum Gasteiger partial charge on any atom is 0.0927 e. The molecule has 2 heterocycles. The van der Waals surface area contributed by atoms with Crippen molar-refractivity contribution in [2.75, 3.05) is 18.4 Å². The second-order valence-corrected chi connectivity index (χ2v) is 6.30. The standard InChI is InChI=1S/C19H22N4/c1-14-6-7-17(12-19(14)21-16-8-10-20-11-9-16)23-13-15-4-2-3-5-18(15)22-23/h2-7,12-13,16,20-21H,8-11H2,1H3. The van der Waals surface area contributed by atoms with Gasteiger partial charge in [0.05, 0.1) is 11.2 Å². The van der Waals surface area contributed by atoms with Gasteiger partial charge in [-0.2, -0.15) is 5.10 Å². The van der Waals surface area contributed by atoms with Crippen molar-refractivity contribution in [1.82, 2.24) is 15.1 Å². The van der Waals surface area contributed by atoms with E-state index in [1.54, 1.807) is 0 Å². The van der Waals surface area contributed by atoms with Crippen LogP contribution in [0.5, 0.6) is 0 Å². The summed E-state index contributed by atoms with van der Waals surface area (Å²) in [7, 11) is 0. The van der Waals surface area contributed by atoms with Crippen LogP contribution in [0.25, 0.3) is 16.6 Å². The molecule has 0 aliphatic carbocycles. The van der Waals surface area contributed by atoms with Crippen molar-refractivity contribution < 1.29 is 0 Å². The zero-order valence-corrected chi connectivity index (χ0v) is 13.4. The van der Waals surface area contributed by atoms with E-state index >= 15 is 0 Å². The Morgan fingerprint density at radius 1 is 1.13 bits per heavy atom. The number of piperidine rings is 1. The monoisotopic (exact) mass is 306 g/mol. The number of fused-ring (bicyclic) bond motifs is 1. The molecule has 2 N–H and O–H groups in total. The zero-order valence-electron chi connectivity index (χ0n) is 13.4. The summed E-state index contributed by atoms with van der Waals surface area (Å²) >= 11 is 0. The second-order valence-electron chi connectivity index (χ2n) is 6.30. The molecule has 1 aliphatic rings. The fourth-order valence-corrected chi connectivity index (χ4v) is 3.19. The Labute approximate surface area is 136 Å². The first-order chi connectivity index (χ1) is 11.3. The molecular weight excluding hydrogens is 284 g/mol. The minimum atomic E-state index is 0.557. The van der Waals surface area contributed by atoms with Gasteiger partial charge >= 0.3 is 0 Å². The van der Waals surface area contributed by atoms with Gasteiger partial charge in [-0.1, -0.05) is 24.3 Å². The number of aromatic nitrogens is 2. The molecule has 4 rings (SSSR count). The molecule has 0 amide bonds. The van der Waals surface area contributed by atoms with E-state index < -0.39 is 0 Å². The highest BCUT2D eigenvalue weighted by Gasteiger charge is 2.14. The molecule has 1 aliphatic heterocycles. The molecule has 0 atom stereocenters. The average Bonchev–Trinajstić information content (AvgIpc) is 3.02. The molecule has 0 spiro atoms. The van der Waals surface area contributed by atoms with Crippen LogP contribution < -0.4 is 10.6 Å². The third kappa shape index (κ3) is 2.94. The Bertz CT molecular complexity index is 782. The topological polar surface area (TPSA) is 41.9 Å². The Morgan fingerprint density at radius 2 is 1.96 bits per heavy atom. The summed E-state index contributed by atoms with van der Waals surface area (Å²) < 4.78 is 1.97. The van der Waals surface area contributed by atoms with Crippen molar-refractivity contribution >= 4 is 16.6 Å². The van der Waals surface area contributed by atoms with Gasteiger partial charge in [-0.3, -0.25) is 0 Å². The third-order valence-corrected chi connectivity index (χ3v) is 4.60. The lowest BCUT2D eigenvalue weighted by molar-refractivity contribution is 0.479. The molecule has 1 saturated heterocycles. The molecule has 118 valence electrons. The second kappa shape index (κ2) is 6.05. The fourth-order valence-electron chi connectivity index (χ4n) is 3.19. The number of rotatable bonds is 3. The molecule has 0 radical (unpaired) electrons. The van der Waals surface area contributed by atoms with Crippen molar-refractivity contribution in [2.45, 2.75) is 25.8 Å². The van der Waals surface area contributed by atoms with Crippen LogP contribution in [0.3, 0.4) is 0 Å². The minimum absolute atomic E-state index is 0.557. The third-order valence-electron chi connectivity index (χ3n) is 4.60. The SMILES string of the molecule is Cc1ccc(-n2cc3ccccc3n2)cc1NC1CCNCC1. The molecule has 2 aromatic carbocycles. The van der Waals surface area contributed by atoms with Crippen molar-refractivity contribution in [3.8, 4) is 5.69 Å². The summed E-state index contributed by atoms with van der Waals surface area (Å²) in [6.07, 6.45) is 4.44. The molecule has 23 heavy (non-hydrogen) atoms. The predicted molar refractivity (Wildman–Crippen MR) is 95.3 cm³/mol. The number of nitrogens with zero attached hydrogens (tertiary/aromatic N) is 2. The molecule has 1 fully saturated rings. The van der Waals surface area contributed by atoms with E-state index in [9.17, 15) is 0 Å². The highest BCUT2D eigenvalue weighted by Crippen LogP contribution is 2.23. The number of aryl methyl sites for hydroxylation is 1. The van der Waals surface area contributed by atoms with Gasteiger partial charge < -0.3 is 10.6 Å². The van der Waals surface area contributed by atoms with Gasteiger partial charge in [-0.25, -0.2) is 4.68 Å². The lowest BCUT2D eigenvalue weighted by Crippen LogP contribution is -2.35. The molecular formula is C19H22N4. The number of hydrogen-bond acceptors (Lipinski definition) is 3. The van der Waals surface area contributed by atoms with Crippen LogP contribution in [-0.2, 0) is 0 Å². The van der Waals surface area contributed by atoms with Gasteiger partial charge in [0.25, 0.3) is 0 Å². The van der Waals surface area contributed by atoms with Crippen LogP contribution in [0, 0.1) is 6.92 Å². The predicted octanol–water partition coefficient (Wildman–Crippen LogP) is 3.50. The quantitative estimate of drug-likeness (QED) is 0.778. The van der Waals surface area contributed by atoms with Gasteiger partial charge in [0.2, 0.25) is 0 Å². The van der Waals surface area contributed by atoms with Crippen molar-refractivity contribution in [2.24, 2.45) is 0 Å². The van der Waals surface area contributed by atoms with E-state index in [0.717, 1.165) is 24.3 Å². The molecule has 0 bridgehead atoms. The number of benzene rings is 2. The van der Waals surface area contributed by atoms with Gasteiger partial charge in [0.1, 0.15) is 0 Å². The van der Waals surface area contributed by atoms with E-state index in [0.29, 0.717) is 6.04 Å². The summed E-state index contributed by atoms with van der Waals surface area (Å²) in [5, 5.41) is 13.0. The van der Waals surface area contributed by atoms with Gasteiger partial charge in [-0.15, -0.1) is 0 Å². The number of anilines is 1. The van der Waals surface area contributed by atoms with Crippen LogP contribution in [0.15, 0.2) is 48.7 Å². The number of hydrogen-bond donors (Lipinski definition) is 2. The van der Waals surface area contributed by atoms with Gasteiger partial charge in [0, 0.05) is 23.3 Å². The van der Waals surface area contributed by atoms with Crippen LogP contribution in [-0.4, -0.2) is 28.9 Å². The zero-order chi connectivity index (χ0) is 15.6. The van der Waals surface area contributed by atoms with E-state index in [4.69, 9.17) is 0 Å². The molecule has 3 aromatic rings. The summed E-state index contributed by atoms with van der Waals surface area (Å²) in [5.41, 5.74) is 4.63.